The fourth-order valence-electron chi connectivity index (χ4n) is 1.85. The highest BCUT2D eigenvalue weighted by Crippen LogP contribution is 2.35. The molecule has 0 bridgehead atoms. The lowest BCUT2D eigenvalue weighted by Crippen LogP contribution is -2.08. The summed E-state index contributed by atoms with van der Waals surface area (Å²) in [6, 6.07) is 10.4. The minimum atomic E-state index is -4.41. The SMILES string of the molecule is Cc1ccc(Nc2ccc(C#N)cc2Cl)cc1C(F)(F)F. The minimum absolute atomic E-state index is 0.152. The van der Waals surface area contributed by atoms with Crippen molar-refractivity contribution in [2.24, 2.45) is 0 Å². The van der Waals surface area contributed by atoms with Crippen LogP contribution < -0.4 is 5.32 Å². The van der Waals surface area contributed by atoms with Gasteiger partial charge in [-0.1, -0.05) is 17.7 Å². The average molecular weight is 311 g/mol. The smallest absolute Gasteiger partial charge is 0.354 e. The number of benzene rings is 2. The number of nitriles is 1. The van der Waals surface area contributed by atoms with Crippen molar-refractivity contribution >= 4 is 23.0 Å². The molecule has 0 aliphatic rings. The molecule has 2 aromatic carbocycles. The van der Waals surface area contributed by atoms with Gasteiger partial charge in [0.05, 0.1) is 27.9 Å². The van der Waals surface area contributed by atoms with Crippen LogP contribution in [-0.2, 0) is 6.18 Å². The van der Waals surface area contributed by atoms with Crippen LogP contribution in [0.5, 0.6) is 0 Å². The van der Waals surface area contributed by atoms with E-state index in [1.807, 2.05) is 6.07 Å². The number of anilines is 2. The van der Waals surface area contributed by atoms with Crippen LogP contribution in [0.25, 0.3) is 0 Å². The highest BCUT2D eigenvalue weighted by molar-refractivity contribution is 6.33. The summed E-state index contributed by atoms with van der Waals surface area (Å²) >= 11 is 5.98. The minimum Gasteiger partial charge on any atom is -0.354 e. The quantitative estimate of drug-likeness (QED) is 0.819. The van der Waals surface area contributed by atoms with Gasteiger partial charge < -0.3 is 5.32 Å². The number of rotatable bonds is 2. The predicted octanol–water partition coefficient (Wildman–Crippen LogP) is 5.28. The van der Waals surface area contributed by atoms with Crippen LogP contribution in [0.15, 0.2) is 36.4 Å². The molecule has 0 aliphatic heterocycles. The summed E-state index contributed by atoms with van der Waals surface area (Å²) in [5.74, 6) is 0. The summed E-state index contributed by atoms with van der Waals surface area (Å²) < 4.78 is 38.6. The summed E-state index contributed by atoms with van der Waals surface area (Å²) in [5.41, 5.74) is 0.550. The lowest BCUT2D eigenvalue weighted by Gasteiger charge is -2.14. The number of halogens is 4. The molecule has 0 unspecified atom stereocenters. The van der Waals surface area contributed by atoms with E-state index >= 15 is 0 Å². The van der Waals surface area contributed by atoms with Crippen LogP contribution >= 0.6 is 11.6 Å². The first kappa shape index (κ1) is 15.2. The molecule has 0 aliphatic carbocycles. The normalized spacial score (nSPS) is 11.0. The van der Waals surface area contributed by atoms with E-state index in [1.165, 1.54) is 25.1 Å². The van der Waals surface area contributed by atoms with E-state index in [0.717, 1.165) is 6.07 Å². The monoisotopic (exact) mass is 310 g/mol. The Kier molecular flexibility index (Phi) is 4.10. The molecule has 0 saturated carbocycles. The van der Waals surface area contributed by atoms with Crippen LogP contribution in [-0.4, -0.2) is 0 Å². The highest BCUT2D eigenvalue weighted by Gasteiger charge is 2.32. The Balaban J connectivity index is 2.35. The van der Waals surface area contributed by atoms with Gasteiger partial charge >= 0.3 is 6.18 Å². The molecule has 0 amide bonds. The Morgan fingerprint density at radius 1 is 1.14 bits per heavy atom. The Labute approximate surface area is 124 Å². The maximum absolute atomic E-state index is 12.9. The summed E-state index contributed by atoms with van der Waals surface area (Å²) in [6.45, 7) is 1.40. The van der Waals surface area contributed by atoms with Gasteiger partial charge in [-0.05, 0) is 42.8 Å². The molecule has 108 valence electrons. The maximum atomic E-state index is 12.9. The van der Waals surface area contributed by atoms with Gasteiger partial charge in [-0.2, -0.15) is 18.4 Å². The van der Waals surface area contributed by atoms with Crippen molar-refractivity contribution in [2.45, 2.75) is 13.1 Å². The molecular formula is C15H10ClF3N2. The molecule has 0 spiro atoms. The van der Waals surface area contributed by atoms with Crippen LogP contribution in [0.1, 0.15) is 16.7 Å². The molecule has 0 aromatic heterocycles. The second-order valence-corrected chi connectivity index (χ2v) is 4.87. The fraction of sp³-hybridized carbons (Fsp3) is 0.133. The number of hydrogen-bond acceptors (Lipinski definition) is 2. The lowest BCUT2D eigenvalue weighted by molar-refractivity contribution is -0.138. The van der Waals surface area contributed by atoms with Crippen molar-refractivity contribution < 1.29 is 13.2 Å². The lowest BCUT2D eigenvalue weighted by atomic mass is 10.1. The number of nitrogens with one attached hydrogen (secondary N) is 1. The second kappa shape index (κ2) is 5.66. The maximum Gasteiger partial charge on any atom is 0.416 e. The zero-order chi connectivity index (χ0) is 15.6. The van der Waals surface area contributed by atoms with Crippen molar-refractivity contribution in [3.63, 3.8) is 0 Å². The van der Waals surface area contributed by atoms with Gasteiger partial charge in [0.15, 0.2) is 0 Å². The standard InChI is InChI=1S/C15H10ClF3N2/c1-9-2-4-11(7-12(9)15(17,18)19)21-14-5-3-10(8-20)6-13(14)16/h2-7,21H,1H3. The topological polar surface area (TPSA) is 35.8 Å². The van der Waals surface area contributed by atoms with Crippen molar-refractivity contribution in [3.8, 4) is 6.07 Å². The number of aryl methyl sites for hydroxylation is 1. The first-order chi connectivity index (χ1) is 9.81. The molecule has 0 radical (unpaired) electrons. The predicted molar refractivity (Wildman–Crippen MR) is 75.6 cm³/mol. The van der Waals surface area contributed by atoms with Gasteiger partial charge in [0, 0.05) is 5.69 Å². The second-order valence-electron chi connectivity index (χ2n) is 4.46. The first-order valence-electron chi connectivity index (χ1n) is 5.96. The van der Waals surface area contributed by atoms with Crippen molar-refractivity contribution in [1.29, 1.82) is 5.26 Å². The Morgan fingerprint density at radius 3 is 2.43 bits per heavy atom. The third-order valence-corrected chi connectivity index (χ3v) is 3.23. The molecular weight excluding hydrogens is 301 g/mol. The van der Waals surface area contributed by atoms with E-state index in [0.29, 0.717) is 11.3 Å². The number of nitrogens with zero attached hydrogens (tertiary/aromatic N) is 1. The van der Waals surface area contributed by atoms with Crippen LogP contribution in [0.3, 0.4) is 0 Å². The fourth-order valence-corrected chi connectivity index (χ4v) is 2.07. The van der Waals surface area contributed by atoms with Crippen LogP contribution in [0, 0.1) is 18.3 Å². The molecule has 0 heterocycles. The zero-order valence-electron chi connectivity index (χ0n) is 10.9. The zero-order valence-corrected chi connectivity index (χ0v) is 11.7. The van der Waals surface area contributed by atoms with E-state index in [1.54, 1.807) is 12.1 Å². The molecule has 0 saturated heterocycles. The van der Waals surface area contributed by atoms with Crippen molar-refractivity contribution in [1.82, 2.24) is 0 Å². The Bertz CT molecular complexity index is 718. The molecule has 2 aromatic rings. The molecule has 2 nitrogen and oxygen atoms in total. The molecule has 1 N–H and O–H groups in total. The van der Waals surface area contributed by atoms with Gasteiger partial charge in [0.1, 0.15) is 0 Å². The third-order valence-electron chi connectivity index (χ3n) is 2.92. The van der Waals surface area contributed by atoms with E-state index in [-0.39, 0.29) is 16.3 Å². The third kappa shape index (κ3) is 3.47. The Morgan fingerprint density at radius 2 is 1.86 bits per heavy atom. The largest absolute Gasteiger partial charge is 0.416 e. The van der Waals surface area contributed by atoms with Gasteiger partial charge in [-0.15, -0.1) is 0 Å². The molecule has 6 heteroatoms. The molecule has 0 atom stereocenters. The Hall–Kier alpha value is -2.19. The van der Waals surface area contributed by atoms with Gasteiger partial charge in [-0.3, -0.25) is 0 Å². The van der Waals surface area contributed by atoms with Crippen molar-refractivity contribution in [2.75, 3.05) is 5.32 Å². The first-order valence-corrected chi connectivity index (χ1v) is 6.33. The van der Waals surface area contributed by atoms with Gasteiger partial charge in [-0.25, -0.2) is 0 Å². The summed E-state index contributed by atoms with van der Waals surface area (Å²) in [7, 11) is 0. The highest BCUT2D eigenvalue weighted by atomic mass is 35.5. The molecule has 0 fully saturated rings. The van der Waals surface area contributed by atoms with Gasteiger partial charge in [0.2, 0.25) is 0 Å². The molecule has 21 heavy (non-hydrogen) atoms. The van der Waals surface area contributed by atoms with E-state index < -0.39 is 11.7 Å². The van der Waals surface area contributed by atoms with Crippen LogP contribution in [0.2, 0.25) is 5.02 Å². The molecule has 2 rings (SSSR count). The van der Waals surface area contributed by atoms with Gasteiger partial charge in [0.25, 0.3) is 0 Å². The average Bonchev–Trinajstić information content (AvgIpc) is 2.41. The summed E-state index contributed by atoms with van der Waals surface area (Å²) in [4.78, 5) is 0. The van der Waals surface area contributed by atoms with E-state index in [9.17, 15) is 13.2 Å². The van der Waals surface area contributed by atoms with Crippen molar-refractivity contribution in [3.05, 3.63) is 58.1 Å². The van der Waals surface area contributed by atoms with E-state index in [2.05, 4.69) is 5.32 Å². The van der Waals surface area contributed by atoms with E-state index in [4.69, 9.17) is 16.9 Å². The summed E-state index contributed by atoms with van der Waals surface area (Å²) in [6.07, 6.45) is -4.41. The number of hydrogen-bond donors (Lipinski definition) is 1. The number of alkyl halides is 3. The van der Waals surface area contributed by atoms with Crippen LogP contribution in [0.4, 0.5) is 24.5 Å². The summed E-state index contributed by atoms with van der Waals surface area (Å²) in [5, 5.41) is 11.8.